The zero-order valence-corrected chi connectivity index (χ0v) is 18.2. The predicted molar refractivity (Wildman–Crippen MR) is 115 cm³/mol. The second kappa shape index (κ2) is 8.97. The topological polar surface area (TPSA) is 80.0 Å². The molecule has 5 nitrogen and oxygen atoms in total. The SMILES string of the molecule is Cc1nc(COc2ccc(/C=C(\C#N)S(=O)(=O)c3cc(Cl)ccc3Cl)cc2)cs1. The van der Waals surface area contributed by atoms with E-state index < -0.39 is 14.7 Å². The Morgan fingerprint density at radius 1 is 1.24 bits per heavy atom. The number of allylic oxidation sites excluding steroid dienone is 1. The van der Waals surface area contributed by atoms with Crippen LogP contribution in [0.15, 0.2) is 57.6 Å². The summed E-state index contributed by atoms with van der Waals surface area (Å²) in [6.45, 7) is 2.26. The lowest BCUT2D eigenvalue weighted by molar-refractivity contribution is 0.302. The molecule has 0 saturated carbocycles. The van der Waals surface area contributed by atoms with Gasteiger partial charge in [0.05, 0.1) is 20.6 Å². The zero-order valence-electron chi connectivity index (χ0n) is 15.1. The molecule has 0 aliphatic heterocycles. The molecule has 0 saturated heterocycles. The number of aryl methyl sites for hydroxylation is 1. The summed E-state index contributed by atoms with van der Waals surface area (Å²) in [5, 5.41) is 12.5. The summed E-state index contributed by atoms with van der Waals surface area (Å²) in [4.78, 5) is 3.68. The third-order valence-electron chi connectivity index (χ3n) is 3.81. The number of nitriles is 1. The van der Waals surface area contributed by atoms with Gasteiger partial charge in [-0.3, -0.25) is 0 Å². The van der Waals surface area contributed by atoms with Crippen molar-refractivity contribution in [3.05, 3.63) is 79.1 Å². The van der Waals surface area contributed by atoms with Gasteiger partial charge < -0.3 is 4.74 Å². The summed E-state index contributed by atoms with van der Waals surface area (Å²) < 4.78 is 31.3. The molecule has 3 rings (SSSR count). The standard InChI is InChI=1S/C20H14Cl2N2O3S2/c1-13-24-16(12-28-13)11-27-17-5-2-14(3-6-17)8-18(10-23)29(25,26)20-9-15(21)4-7-19(20)22/h2-9,12H,11H2,1H3/b18-8+. The highest BCUT2D eigenvalue weighted by Gasteiger charge is 2.24. The molecule has 0 spiro atoms. The van der Waals surface area contributed by atoms with Crippen LogP contribution in [-0.2, 0) is 16.4 Å². The summed E-state index contributed by atoms with van der Waals surface area (Å²) >= 11 is 13.4. The van der Waals surface area contributed by atoms with Gasteiger partial charge in [-0.05, 0) is 48.9 Å². The monoisotopic (exact) mass is 464 g/mol. The van der Waals surface area contributed by atoms with Crippen molar-refractivity contribution in [2.45, 2.75) is 18.4 Å². The van der Waals surface area contributed by atoms with E-state index in [0.717, 1.165) is 10.7 Å². The van der Waals surface area contributed by atoms with Crippen LogP contribution in [0.1, 0.15) is 16.3 Å². The van der Waals surface area contributed by atoms with Crippen molar-refractivity contribution >= 4 is 50.5 Å². The number of ether oxygens (including phenoxy) is 1. The van der Waals surface area contributed by atoms with E-state index in [2.05, 4.69) is 4.98 Å². The van der Waals surface area contributed by atoms with Gasteiger partial charge >= 0.3 is 0 Å². The van der Waals surface area contributed by atoms with E-state index in [-0.39, 0.29) is 14.9 Å². The first kappa shape index (κ1) is 21.3. The van der Waals surface area contributed by atoms with Crippen LogP contribution >= 0.6 is 34.5 Å². The zero-order chi connectivity index (χ0) is 21.0. The first-order valence-electron chi connectivity index (χ1n) is 8.25. The smallest absolute Gasteiger partial charge is 0.218 e. The maximum Gasteiger partial charge on any atom is 0.218 e. The number of halogens is 2. The van der Waals surface area contributed by atoms with Crippen molar-refractivity contribution in [2.75, 3.05) is 0 Å². The molecular formula is C20H14Cl2N2O3S2. The van der Waals surface area contributed by atoms with Gasteiger partial charge in [-0.2, -0.15) is 5.26 Å². The molecule has 1 heterocycles. The summed E-state index contributed by atoms with van der Waals surface area (Å²) in [6, 6.07) is 12.5. The first-order chi connectivity index (χ1) is 13.8. The summed E-state index contributed by atoms with van der Waals surface area (Å²) in [5.41, 5.74) is 1.37. The number of aromatic nitrogens is 1. The van der Waals surface area contributed by atoms with Gasteiger partial charge in [0, 0.05) is 10.4 Å². The quantitative estimate of drug-likeness (QED) is 0.438. The number of hydrogen-bond acceptors (Lipinski definition) is 6. The van der Waals surface area contributed by atoms with Gasteiger partial charge in [-0.1, -0.05) is 35.3 Å². The number of thiazole rings is 1. The molecule has 0 fully saturated rings. The fourth-order valence-corrected chi connectivity index (χ4v) is 4.93. The normalized spacial score (nSPS) is 11.9. The van der Waals surface area contributed by atoms with E-state index >= 15 is 0 Å². The summed E-state index contributed by atoms with van der Waals surface area (Å²) in [5.74, 6) is 0.604. The molecule has 148 valence electrons. The minimum absolute atomic E-state index is 0.00317. The van der Waals surface area contributed by atoms with Crippen LogP contribution < -0.4 is 4.74 Å². The molecule has 0 bridgehead atoms. The van der Waals surface area contributed by atoms with Gasteiger partial charge in [0.2, 0.25) is 9.84 Å². The first-order valence-corrected chi connectivity index (χ1v) is 11.4. The minimum atomic E-state index is -4.11. The van der Waals surface area contributed by atoms with Gasteiger partial charge in [0.15, 0.2) is 0 Å². The van der Waals surface area contributed by atoms with Crippen molar-refractivity contribution in [1.29, 1.82) is 5.26 Å². The van der Waals surface area contributed by atoms with Crippen LogP contribution in [-0.4, -0.2) is 13.4 Å². The third-order valence-corrected chi connectivity index (χ3v) is 7.02. The molecule has 0 aliphatic carbocycles. The van der Waals surface area contributed by atoms with Crippen molar-refractivity contribution in [2.24, 2.45) is 0 Å². The maximum absolute atomic E-state index is 12.8. The number of nitrogens with zero attached hydrogens (tertiary/aromatic N) is 2. The Balaban J connectivity index is 1.82. The van der Waals surface area contributed by atoms with Crippen molar-refractivity contribution in [1.82, 2.24) is 4.98 Å². The number of sulfone groups is 1. The fraction of sp³-hybridized carbons (Fsp3) is 0.100. The third kappa shape index (κ3) is 5.17. The molecule has 0 unspecified atom stereocenters. The van der Waals surface area contributed by atoms with Crippen molar-refractivity contribution in [3.63, 3.8) is 0 Å². The van der Waals surface area contributed by atoms with Crippen LogP contribution in [0.4, 0.5) is 0 Å². The number of hydrogen-bond donors (Lipinski definition) is 0. The van der Waals surface area contributed by atoms with Gasteiger partial charge in [0.1, 0.15) is 23.3 Å². The summed E-state index contributed by atoms with van der Waals surface area (Å²) in [6.07, 6.45) is 1.28. The molecule has 1 aromatic heterocycles. The molecule has 0 N–H and O–H groups in total. The molecule has 2 aromatic carbocycles. The molecule has 0 atom stereocenters. The summed E-state index contributed by atoms with van der Waals surface area (Å²) in [7, 11) is -4.11. The Labute approximate surface area is 182 Å². The highest BCUT2D eigenvalue weighted by atomic mass is 35.5. The molecule has 9 heteroatoms. The van der Waals surface area contributed by atoms with E-state index in [1.165, 1.54) is 24.3 Å². The number of rotatable bonds is 6. The Morgan fingerprint density at radius 3 is 2.59 bits per heavy atom. The molecule has 0 aliphatic rings. The molecular weight excluding hydrogens is 451 g/mol. The van der Waals surface area contributed by atoms with Gasteiger partial charge in [0.25, 0.3) is 0 Å². The fourth-order valence-electron chi connectivity index (χ4n) is 2.41. The largest absolute Gasteiger partial charge is 0.487 e. The Kier molecular flexibility index (Phi) is 6.60. The lowest BCUT2D eigenvalue weighted by atomic mass is 10.2. The Hall–Kier alpha value is -2.37. The second-order valence-corrected chi connectivity index (χ2v) is 9.71. The average Bonchev–Trinajstić information content (AvgIpc) is 3.12. The van der Waals surface area contributed by atoms with E-state index in [1.807, 2.05) is 12.3 Å². The van der Waals surface area contributed by atoms with Crippen LogP contribution in [0.2, 0.25) is 10.0 Å². The molecule has 29 heavy (non-hydrogen) atoms. The average molecular weight is 465 g/mol. The lowest BCUT2D eigenvalue weighted by Crippen LogP contribution is -2.04. The predicted octanol–water partition coefficient (Wildman–Crippen LogP) is 5.68. The molecule has 0 radical (unpaired) electrons. The van der Waals surface area contributed by atoms with E-state index in [4.69, 9.17) is 27.9 Å². The van der Waals surface area contributed by atoms with E-state index in [9.17, 15) is 13.7 Å². The lowest BCUT2D eigenvalue weighted by Gasteiger charge is -2.07. The van der Waals surface area contributed by atoms with Crippen LogP contribution in [0.25, 0.3) is 6.08 Å². The molecule has 3 aromatic rings. The van der Waals surface area contributed by atoms with Crippen molar-refractivity contribution in [3.8, 4) is 11.8 Å². The van der Waals surface area contributed by atoms with Crippen molar-refractivity contribution < 1.29 is 13.2 Å². The van der Waals surface area contributed by atoms with Gasteiger partial charge in [-0.25, -0.2) is 13.4 Å². The minimum Gasteiger partial charge on any atom is -0.487 e. The number of benzene rings is 2. The van der Waals surface area contributed by atoms with Crippen LogP contribution in [0.3, 0.4) is 0 Å². The van der Waals surface area contributed by atoms with Gasteiger partial charge in [-0.15, -0.1) is 11.3 Å². The van der Waals surface area contributed by atoms with Crippen LogP contribution in [0, 0.1) is 18.3 Å². The molecule has 0 amide bonds. The second-order valence-electron chi connectivity index (χ2n) is 5.91. The van der Waals surface area contributed by atoms with E-state index in [0.29, 0.717) is 17.9 Å². The Morgan fingerprint density at radius 2 is 1.97 bits per heavy atom. The van der Waals surface area contributed by atoms with Crippen LogP contribution in [0.5, 0.6) is 5.75 Å². The highest BCUT2D eigenvalue weighted by Crippen LogP contribution is 2.30. The Bertz CT molecular complexity index is 1210. The maximum atomic E-state index is 12.8. The highest BCUT2D eigenvalue weighted by molar-refractivity contribution is 7.95. The van der Waals surface area contributed by atoms with E-state index in [1.54, 1.807) is 41.7 Å².